The number of nitrogens with zero attached hydrogens (tertiary/aromatic N) is 1. The molecule has 3 nitrogen and oxygen atoms in total. The molecule has 1 aliphatic rings. The van der Waals surface area contributed by atoms with E-state index in [0.717, 1.165) is 12.8 Å². The summed E-state index contributed by atoms with van der Waals surface area (Å²) in [5.74, 6) is -0.461. The SMILES string of the molecule is N#Cc1cccc(CNOC2CCCC2)c1F. The van der Waals surface area contributed by atoms with Crippen LogP contribution in [0, 0.1) is 17.1 Å². The first-order valence-corrected chi connectivity index (χ1v) is 5.87. The minimum Gasteiger partial charge on any atom is -0.298 e. The Kier molecular flexibility index (Phi) is 4.08. The van der Waals surface area contributed by atoms with Crippen molar-refractivity contribution >= 4 is 0 Å². The van der Waals surface area contributed by atoms with Gasteiger partial charge in [0.25, 0.3) is 0 Å². The fourth-order valence-corrected chi connectivity index (χ4v) is 2.05. The molecule has 1 saturated carbocycles. The minimum atomic E-state index is -0.461. The van der Waals surface area contributed by atoms with E-state index in [2.05, 4.69) is 5.48 Å². The van der Waals surface area contributed by atoms with E-state index in [9.17, 15) is 4.39 Å². The van der Waals surface area contributed by atoms with Gasteiger partial charge >= 0.3 is 0 Å². The zero-order chi connectivity index (χ0) is 12.1. The van der Waals surface area contributed by atoms with E-state index in [1.807, 2.05) is 6.07 Å². The predicted molar refractivity (Wildman–Crippen MR) is 61.3 cm³/mol. The van der Waals surface area contributed by atoms with Crippen molar-refractivity contribution in [3.63, 3.8) is 0 Å². The molecule has 1 aliphatic carbocycles. The van der Waals surface area contributed by atoms with Crippen LogP contribution in [-0.2, 0) is 11.4 Å². The van der Waals surface area contributed by atoms with Crippen LogP contribution >= 0.6 is 0 Å². The molecule has 90 valence electrons. The molecule has 0 atom stereocenters. The summed E-state index contributed by atoms with van der Waals surface area (Å²) < 4.78 is 13.7. The van der Waals surface area contributed by atoms with Gasteiger partial charge in [-0.2, -0.15) is 10.7 Å². The van der Waals surface area contributed by atoms with E-state index < -0.39 is 5.82 Å². The Balaban J connectivity index is 1.88. The van der Waals surface area contributed by atoms with Crippen molar-refractivity contribution in [3.05, 3.63) is 35.1 Å². The summed E-state index contributed by atoms with van der Waals surface area (Å²) in [6, 6.07) is 6.62. The van der Waals surface area contributed by atoms with Gasteiger partial charge in [-0.1, -0.05) is 25.0 Å². The second-order valence-electron chi connectivity index (χ2n) is 4.24. The van der Waals surface area contributed by atoms with Crippen LogP contribution in [0.4, 0.5) is 4.39 Å². The molecular formula is C13H15FN2O. The molecule has 0 saturated heterocycles. The predicted octanol–water partition coefficient (Wildman–Crippen LogP) is 2.66. The topological polar surface area (TPSA) is 45.0 Å². The lowest BCUT2D eigenvalue weighted by atomic mass is 10.1. The molecule has 1 N–H and O–H groups in total. The van der Waals surface area contributed by atoms with Crippen LogP contribution in [0.2, 0.25) is 0 Å². The van der Waals surface area contributed by atoms with Crippen LogP contribution in [0.1, 0.15) is 36.8 Å². The fraction of sp³-hybridized carbons (Fsp3) is 0.462. The first kappa shape index (κ1) is 12.0. The Bertz CT molecular complexity index is 422. The molecule has 1 aromatic carbocycles. The van der Waals surface area contributed by atoms with Crippen molar-refractivity contribution in [2.75, 3.05) is 0 Å². The number of benzene rings is 1. The molecule has 1 aromatic rings. The third-order valence-corrected chi connectivity index (χ3v) is 3.01. The molecule has 0 heterocycles. The van der Waals surface area contributed by atoms with Crippen molar-refractivity contribution in [2.45, 2.75) is 38.3 Å². The molecule has 17 heavy (non-hydrogen) atoms. The van der Waals surface area contributed by atoms with E-state index in [0.29, 0.717) is 5.56 Å². The molecule has 4 heteroatoms. The van der Waals surface area contributed by atoms with Crippen molar-refractivity contribution in [3.8, 4) is 6.07 Å². The van der Waals surface area contributed by atoms with Gasteiger partial charge in [0.05, 0.1) is 11.7 Å². The maximum Gasteiger partial charge on any atom is 0.145 e. The fourth-order valence-electron chi connectivity index (χ4n) is 2.05. The molecule has 0 unspecified atom stereocenters. The number of nitrogens with one attached hydrogen (secondary N) is 1. The third-order valence-electron chi connectivity index (χ3n) is 3.01. The van der Waals surface area contributed by atoms with Gasteiger partial charge in [-0.3, -0.25) is 4.84 Å². The van der Waals surface area contributed by atoms with Gasteiger partial charge in [0.15, 0.2) is 0 Å². The van der Waals surface area contributed by atoms with Crippen molar-refractivity contribution in [2.24, 2.45) is 0 Å². The average molecular weight is 234 g/mol. The van der Waals surface area contributed by atoms with Crippen LogP contribution in [0.5, 0.6) is 0 Å². The van der Waals surface area contributed by atoms with Crippen LogP contribution in [0.3, 0.4) is 0 Å². The van der Waals surface area contributed by atoms with Crippen molar-refractivity contribution < 1.29 is 9.23 Å². The Morgan fingerprint density at radius 1 is 1.41 bits per heavy atom. The third kappa shape index (κ3) is 3.02. The Hall–Kier alpha value is -1.44. The molecule has 0 spiro atoms. The van der Waals surface area contributed by atoms with E-state index >= 15 is 0 Å². The highest BCUT2D eigenvalue weighted by atomic mass is 19.1. The lowest BCUT2D eigenvalue weighted by molar-refractivity contribution is -0.0248. The lowest BCUT2D eigenvalue weighted by Gasteiger charge is -2.12. The van der Waals surface area contributed by atoms with Gasteiger partial charge in [-0.15, -0.1) is 0 Å². The highest BCUT2D eigenvalue weighted by Crippen LogP contribution is 2.20. The minimum absolute atomic E-state index is 0.0742. The number of nitriles is 1. The largest absolute Gasteiger partial charge is 0.298 e. The molecular weight excluding hydrogens is 219 g/mol. The maximum atomic E-state index is 13.7. The summed E-state index contributed by atoms with van der Waals surface area (Å²) in [5.41, 5.74) is 3.32. The number of hydrogen-bond acceptors (Lipinski definition) is 3. The Labute approximate surface area is 100 Å². The molecule has 0 aromatic heterocycles. The summed E-state index contributed by atoms with van der Waals surface area (Å²) in [6.45, 7) is 0.290. The van der Waals surface area contributed by atoms with Crippen LogP contribution in [-0.4, -0.2) is 6.10 Å². The summed E-state index contributed by atoms with van der Waals surface area (Å²) >= 11 is 0. The normalized spacial score (nSPS) is 16.0. The average Bonchev–Trinajstić information content (AvgIpc) is 2.84. The van der Waals surface area contributed by atoms with Gasteiger partial charge < -0.3 is 0 Å². The molecule has 2 rings (SSSR count). The van der Waals surface area contributed by atoms with Crippen LogP contribution < -0.4 is 5.48 Å². The first-order chi connectivity index (χ1) is 8.31. The van der Waals surface area contributed by atoms with Crippen LogP contribution in [0.15, 0.2) is 18.2 Å². The van der Waals surface area contributed by atoms with Crippen molar-refractivity contribution in [1.29, 1.82) is 5.26 Å². The summed E-state index contributed by atoms with van der Waals surface area (Å²) in [6.07, 6.45) is 4.77. The van der Waals surface area contributed by atoms with E-state index in [-0.39, 0.29) is 18.2 Å². The quantitative estimate of drug-likeness (QED) is 0.814. The highest BCUT2D eigenvalue weighted by molar-refractivity contribution is 5.34. The highest BCUT2D eigenvalue weighted by Gasteiger charge is 2.15. The standard InChI is InChI=1S/C13H15FN2O/c14-13-10(8-15)4-3-5-11(13)9-16-17-12-6-1-2-7-12/h3-5,12,16H,1-2,6-7,9H2. The molecule has 1 fully saturated rings. The zero-order valence-corrected chi connectivity index (χ0v) is 9.58. The molecule has 0 radical (unpaired) electrons. The smallest absolute Gasteiger partial charge is 0.145 e. The van der Waals surface area contributed by atoms with Crippen LogP contribution in [0.25, 0.3) is 0 Å². The molecule has 0 aliphatic heterocycles. The lowest BCUT2D eigenvalue weighted by Crippen LogP contribution is -2.21. The van der Waals surface area contributed by atoms with Gasteiger partial charge in [0, 0.05) is 12.1 Å². The monoisotopic (exact) mass is 234 g/mol. The number of halogens is 1. The summed E-state index contributed by atoms with van der Waals surface area (Å²) in [5, 5.41) is 8.70. The van der Waals surface area contributed by atoms with E-state index in [4.69, 9.17) is 10.1 Å². The second-order valence-corrected chi connectivity index (χ2v) is 4.24. The number of rotatable bonds is 4. The Morgan fingerprint density at radius 3 is 2.88 bits per heavy atom. The molecule has 0 bridgehead atoms. The number of hydroxylamine groups is 1. The van der Waals surface area contributed by atoms with Gasteiger partial charge in [-0.25, -0.2) is 4.39 Å². The maximum absolute atomic E-state index is 13.7. The van der Waals surface area contributed by atoms with Gasteiger partial charge in [-0.05, 0) is 18.9 Å². The second kappa shape index (κ2) is 5.76. The van der Waals surface area contributed by atoms with E-state index in [1.54, 1.807) is 12.1 Å². The van der Waals surface area contributed by atoms with Gasteiger partial charge in [0.2, 0.25) is 0 Å². The van der Waals surface area contributed by atoms with E-state index in [1.165, 1.54) is 18.9 Å². The number of hydrogen-bond donors (Lipinski definition) is 1. The first-order valence-electron chi connectivity index (χ1n) is 5.87. The Morgan fingerprint density at radius 2 is 2.18 bits per heavy atom. The summed E-state index contributed by atoms with van der Waals surface area (Å²) in [7, 11) is 0. The van der Waals surface area contributed by atoms with Gasteiger partial charge in [0.1, 0.15) is 11.9 Å². The summed E-state index contributed by atoms with van der Waals surface area (Å²) in [4.78, 5) is 5.44. The zero-order valence-electron chi connectivity index (χ0n) is 9.58. The molecule has 0 amide bonds. The van der Waals surface area contributed by atoms with Crippen molar-refractivity contribution in [1.82, 2.24) is 5.48 Å².